The van der Waals surface area contributed by atoms with E-state index in [2.05, 4.69) is 10.5 Å². The van der Waals surface area contributed by atoms with E-state index in [0.29, 0.717) is 6.54 Å². The van der Waals surface area contributed by atoms with Gasteiger partial charge >= 0.3 is 0 Å². The Kier molecular flexibility index (Phi) is 3.64. The normalized spacial score (nSPS) is 10.6. The first-order valence-electron chi connectivity index (χ1n) is 3.34. The van der Waals surface area contributed by atoms with Crippen LogP contribution < -0.4 is 5.43 Å². The van der Waals surface area contributed by atoms with Crippen molar-refractivity contribution in [3.8, 4) is 0 Å². The molecule has 0 aliphatic rings. The Bertz CT molecular complexity index is 208. The van der Waals surface area contributed by atoms with E-state index >= 15 is 0 Å². The quantitative estimate of drug-likeness (QED) is 0.396. The van der Waals surface area contributed by atoms with Crippen LogP contribution in [0.2, 0.25) is 0 Å². The third-order valence-corrected chi connectivity index (χ3v) is 1.86. The zero-order chi connectivity index (χ0) is 7.94. The first kappa shape index (κ1) is 8.23. The van der Waals surface area contributed by atoms with Gasteiger partial charge in [-0.15, -0.1) is 11.3 Å². The standard InChI is InChI=1S/C7H10N2OS/c10-4-3-8-9-6-7-2-1-5-11-7/h1-2,5-6,8,10H,3-4H2/b9-6+. The number of thiophene rings is 1. The largest absolute Gasteiger partial charge is 0.394 e. The Balaban J connectivity index is 2.25. The van der Waals surface area contributed by atoms with Gasteiger partial charge in [0.25, 0.3) is 0 Å². The molecule has 11 heavy (non-hydrogen) atoms. The Morgan fingerprint density at radius 1 is 1.73 bits per heavy atom. The molecule has 1 aromatic rings. The van der Waals surface area contributed by atoms with Gasteiger partial charge in [0.2, 0.25) is 0 Å². The zero-order valence-electron chi connectivity index (χ0n) is 6.03. The molecule has 0 spiro atoms. The fraction of sp³-hybridized carbons (Fsp3) is 0.286. The molecular formula is C7H10N2OS. The van der Waals surface area contributed by atoms with E-state index in [1.54, 1.807) is 17.6 Å². The highest BCUT2D eigenvalue weighted by molar-refractivity contribution is 7.11. The molecule has 2 N–H and O–H groups in total. The highest BCUT2D eigenvalue weighted by Crippen LogP contribution is 2.03. The monoisotopic (exact) mass is 170 g/mol. The van der Waals surface area contributed by atoms with E-state index in [9.17, 15) is 0 Å². The Labute approximate surface area is 69.4 Å². The maximum atomic E-state index is 8.39. The first-order chi connectivity index (χ1) is 5.43. The Hall–Kier alpha value is -0.870. The van der Waals surface area contributed by atoms with Gasteiger partial charge in [-0.05, 0) is 11.4 Å². The Morgan fingerprint density at radius 3 is 3.27 bits per heavy atom. The molecule has 0 aliphatic heterocycles. The van der Waals surface area contributed by atoms with Gasteiger partial charge in [0, 0.05) is 4.88 Å². The molecule has 0 radical (unpaired) electrons. The molecule has 60 valence electrons. The van der Waals surface area contributed by atoms with E-state index in [-0.39, 0.29) is 6.61 Å². The van der Waals surface area contributed by atoms with Crippen LogP contribution in [0.3, 0.4) is 0 Å². The molecule has 0 aliphatic carbocycles. The second-order valence-electron chi connectivity index (χ2n) is 1.91. The number of hydrazone groups is 1. The van der Waals surface area contributed by atoms with Crippen molar-refractivity contribution in [2.24, 2.45) is 5.10 Å². The summed E-state index contributed by atoms with van der Waals surface area (Å²) in [4.78, 5) is 1.11. The third-order valence-electron chi connectivity index (χ3n) is 1.05. The maximum Gasteiger partial charge on any atom is 0.0640 e. The van der Waals surface area contributed by atoms with Crippen LogP contribution in [-0.4, -0.2) is 24.5 Å². The van der Waals surface area contributed by atoms with Crippen molar-refractivity contribution in [3.63, 3.8) is 0 Å². The van der Waals surface area contributed by atoms with Crippen LogP contribution in [-0.2, 0) is 0 Å². The van der Waals surface area contributed by atoms with Crippen LogP contribution in [0.4, 0.5) is 0 Å². The summed E-state index contributed by atoms with van der Waals surface area (Å²) in [5.41, 5.74) is 2.70. The zero-order valence-corrected chi connectivity index (χ0v) is 6.84. The Morgan fingerprint density at radius 2 is 2.64 bits per heavy atom. The van der Waals surface area contributed by atoms with Crippen LogP contribution in [0.15, 0.2) is 22.6 Å². The number of hydrogen-bond donors (Lipinski definition) is 2. The summed E-state index contributed by atoms with van der Waals surface area (Å²) >= 11 is 1.63. The van der Waals surface area contributed by atoms with E-state index in [0.717, 1.165) is 4.88 Å². The van der Waals surface area contributed by atoms with Crippen molar-refractivity contribution in [1.29, 1.82) is 0 Å². The summed E-state index contributed by atoms with van der Waals surface area (Å²) in [6, 6.07) is 3.95. The molecule has 0 amide bonds. The number of aliphatic hydroxyl groups excluding tert-OH is 1. The minimum atomic E-state index is 0.113. The minimum Gasteiger partial charge on any atom is -0.394 e. The first-order valence-corrected chi connectivity index (χ1v) is 4.22. The predicted octanol–water partition coefficient (Wildman–Crippen LogP) is 0.664. The van der Waals surface area contributed by atoms with Crippen molar-refractivity contribution in [3.05, 3.63) is 22.4 Å². The van der Waals surface area contributed by atoms with Gasteiger partial charge in [-0.1, -0.05) is 6.07 Å². The van der Waals surface area contributed by atoms with Gasteiger partial charge in [0.15, 0.2) is 0 Å². The summed E-state index contributed by atoms with van der Waals surface area (Å²) in [6.07, 6.45) is 1.74. The lowest BCUT2D eigenvalue weighted by Crippen LogP contribution is -2.10. The molecule has 0 bridgehead atoms. The van der Waals surface area contributed by atoms with Crippen LogP contribution >= 0.6 is 11.3 Å². The molecule has 1 rings (SSSR count). The number of rotatable bonds is 4. The average molecular weight is 170 g/mol. The predicted molar refractivity (Wildman–Crippen MR) is 47.0 cm³/mol. The summed E-state index contributed by atoms with van der Waals surface area (Å²) in [5, 5.41) is 14.3. The van der Waals surface area contributed by atoms with E-state index < -0.39 is 0 Å². The van der Waals surface area contributed by atoms with Crippen molar-refractivity contribution >= 4 is 17.6 Å². The van der Waals surface area contributed by atoms with Crippen LogP contribution in [0.1, 0.15) is 4.88 Å². The summed E-state index contributed by atoms with van der Waals surface area (Å²) in [6.45, 7) is 0.615. The van der Waals surface area contributed by atoms with Gasteiger partial charge in [0.05, 0.1) is 19.4 Å². The van der Waals surface area contributed by atoms with Gasteiger partial charge in [-0.3, -0.25) is 0 Å². The number of aliphatic hydroxyl groups is 1. The van der Waals surface area contributed by atoms with Crippen LogP contribution in [0.5, 0.6) is 0 Å². The number of nitrogens with one attached hydrogen (secondary N) is 1. The number of hydrogen-bond acceptors (Lipinski definition) is 4. The molecule has 0 atom stereocenters. The lowest BCUT2D eigenvalue weighted by atomic mass is 10.5. The second kappa shape index (κ2) is 4.87. The molecule has 0 saturated carbocycles. The molecule has 4 heteroatoms. The molecular weight excluding hydrogens is 160 g/mol. The van der Waals surface area contributed by atoms with Gasteiger partial charge in [-0.2, -0.15) is 5.10 Å². The lowest BCUT2D eigenvalue weighted by molar-refractivity contribution is 0.294. The average Bonchev–Trinajstić information content (AvgIpc) is 2.50. The summed E-state index contributed by atoms with van der Waals surface area (Å²) in [7, 11) is 0. The molecule has 0 unspecified atom stereocenters. The molecule has 0 saturated heterocycles. The molecule has 0 fully saturated rings. The van der Waals surface area contributed by atoms with E-state index in [1.807, 2.05) is 17.5 Å². The molecule has 1 aromatic heterocycles. The second-order valence-corrected chi connectivity index (χ2v) is 2.88. The molecule has 1 heterocycles. The topological polar surface area (TPSA) is 44.6 Å². The van der Waals surface area contributed by atoms with Gasteiger partial charge in [-0.25, -0.2) is 0 Å². The van der Waals surface area contributed by atoms with Crippen molar-refractivity contribution in [2.75, 3.05) is 13.2 Å². The highest BCUT2D eigenvalue weighted by Gasteiger charge is 1.84. The van der Waals surface area contributed by atoms with Crippen molar-refractivity contribution in [1.82, 2.24) is 5.43 Å². The minimum absolute atomic E-state index is 0.113. The van der Waals surface area contributed by atoms with E-state index in [4.69, 9.17) is 5.11 Å². The summed E-state index contributed by atoms with van der Waals surface area (Å²) in [5.74, 6) is 0. The van der Waals surface area contributed by atoms with Gasteiger partial charge < -0.3 is 10.5 Å². The molecule has 3 nitrogen and oxygen atoms in total. The number of nitrogens with zero attached hydrogens (tertiary/aromatic N) is 1. The summed E-state index contributed by atoms with van der Waals surface area (Å²) < 4.78 is 0. The van der Waals surface area contributed by atoms with Crippen molar-refractivity contribution < 1.29 is 5.11 Å². The fourth-order valence-electron chi connectivity index (χ4n) is 0.589. The fourth-order valence-corrected chi connectivity index (χ4v) is 1.17. The highest BCUT2D eigenvalue weighted by atomic mass is 32.1. The maximum absolute atomic E-state index is 8.39. The third kappa shape index (κ3) is 3.15. The molecule has 0 aromatic carbocycles. The van der Waals surface area contributed by atoms with Crippen LogP contribution in [0, 0.1) is 0 Å². The van der Waals surface area contributed by atoms with E-state index in [1.165, 1.54) is 0 Å². The van der Waals surface area contributed by atoms with Gasteiger partial charge in [0.1, 0.15) is 0 Å². The smallest absolute Gasteiger partial charge is 0.0640 e. The SMILES string of the molecule is OCCN/N=C/c1cccs1. The van der Waals surface area contributed by atoms with Crippen molar-refractivity contribution in [2.45, 2.75) is 0 Å². The lowest BCUT2D eigenvalue weighted by Gasteiger charge is -1.92. The van der Waals surface area contributed by atoms with Crippen LogP contribution in [0.25, 0.3) is 0 Å².